The lowest BCUT2D eigenvalue weighted by atomic mass is 10.1. The first-order chi connectivity index (χ1) is 9.80. The summed E-state index contributed by atoms with van der Waals surface area (Å²) in [7, 11) is 0. The molecule has 114 valence electrons. The minimum atomic E-state index is -0.663. The second-order valence-electron chi connectivity index (χ2n) is 6.43. The fourth-order valence-corrected chi connectivity index (χ4v) is 2.89. The van der Waals surface area contributed by atoms with Crippen LogP contribution in [0.25, 0.3) is 0 Å². The summed E-state index contributed by atoms with van der Waals surface area (Å²) in [4.78, 5) is 8.89. The summed E-state index contributed by atoms with van der Waals surface area (Å²) in [5, 5.41) is 19.3. The first-order valence-corrected chi connectivity index (χ1v) is 7.38. The number of anilines is 1. The number of aryl methyl sites for hydroxylation is 2. The van der Waals surface area contributed by atoms with Crippen molar-refractivity contribution in [3.8, 4) is 6.07 Å². The van der Waals surface area contributed by atoms with Gasteiger partial charge in [-0.15, -0.1) is 0 Å². The Hall–Kier alpha value is -1.64. The molecule has 0 aromatic carbocycles. The zero-order valence-corrected chi connectivity index (χ0v) is 13.3. The number of pyridine rings is 1. The van der Waals surface area contributed by atoms with E-state index in [4.69, 9.17) is 0 Å². The van der Waals surface area contributed by atoms with Crippen LogP contribution in [-0.4, -0.2) is 53.3 Å². The number of nitriles is 1. The largest absolute Gasteiger partial charge is 0.389 e. The van der Waals surface area contributed by atoms with Gasteiger partial charge in [0, 0.05) is 38.4 Å². The predicted molar refractivity (Wildman–Crippen MR) is 83.4 cm³/mol. The molecule has 0 saturated carbocycles. The summed E-state index contributed by atoms with van der Waals surface area (Å²) >= 11 is 0. The van der Waals surface area contributed by atoms with Crippen LogP contribution >= 0.6 is 0 Å². The lowest BCUT2D eigenvalue weighted by molar-refractivity contribution is 0.0345. The van der Waals surface area contributed by atoms with Crippen molar-refractivity contribution in [2.45, 2.75) is 33.3 Å². The van der Waals surface area contributed by atoms with Crippen LogP contribution in [0.2, 0.25) is 0 Å². The van der Waals surface area contributed by atoms with Gasteiger partial charge in [-0.05, 0) is 33.8 Å². The maximum Gasteiger partial charge on any atom is 0.103 e. The number of piperazine rings is 1. The molecule has 2 rings (SSSR count). The van der Waals surface area contributed by atoms with Gasteiger partial charge < -0.3 is 10.0 Å². The summed E-state index contributed by atoms with van der Waals surface area (Å²) < 4.78 is 0. The molecule has 1 aromatic heterocycles. The highest BCUT2D eigenvalue weighted by atomic mass is 16.3. The molecule has 0 unspecified atom stereocenters. The summed E-state index contributed by atoms with van der Waals surface area (Å²) in [6.07, 6.45) is 0. The molecule has 1 aliphatic heterocycles. The molecule has 0 aliphatic carbocycles. The van der Waals surface area contributed by atoms with E-state index >= 15 is 0 Å². The molecule has 0 atom stereocenters. The SMILES string of the molecule is Cc1cc(N2CCN(CC(C)(C)O)CC2)c(C#N)c(C)n1. The lowest BCUT2D eigenvalue weighted by Crippen LogP contribution is -2.50. The topological polar surface area (TPSA) is 63.4 Å². The van der Waals surface area contributed by atoms with Crippen molar-refractivity contribution in [1.29, 1.82) is 5.26 Å². The Bertz CT molecular complexity index is 549. The van der Waals surface area contributed by atoms with Crippen LogP contribution in [0.15, 0.2) is 6.07 Å². The minimum Gasteiger partial charge on any atom is -0.389 e. The molecule has 2 heterocycles. The molecule has 0 bridgehead atoms. The van der Waals surface area contributed by atoms with E-state index in [1.54, 1.807) is 0 Å². The molecule has 1 saturated heterocycles. The monoisotopic (exact) mass is 288 g/mol. The smallest absolute Gasteiger partial charge is 0.103 e. The third-order valence-corrected chi connectivity index (χ3v) is 3.74. The molecule has 1 N–H and O–H groups in total. The average molecular weight is 288 g/mol. The van der Waals surface area contributed by atoms with E-state index in [1.165, 1.54) is 0 Å². The highest BCUT2D eigenvalue weighted by molar-refractivity contribution is 5.61. The molecule has 1 aromatic rings. The Morgan fingerprint density at radius 2 is 1.90 bits per heavy atom. The van der Waals surface area contributed by atoms with Gasteiger partial charge in [-0.3, -0.25) is 9.88 Å². The van der Waals surface area contributed by atoms with Crippen LogP contribution in [0.4, 0.5) is 5.69 Å². The van der Waals surface area contributed by atoms with Gasteiger partial charge in [-0.25, -0.2) is 0 Å². The van der Waals surface area contributed by atoms with Crippen molar-refractivity contribution in [3.05, 3.63) is 23.0 Å². The van der Waals surface area contributed by atoms with Crippen molar-refractivity contribution in [2.75, 3.05) is 37.6 Å². The van der Waals surface area contributed by atoms with Crippen LogP contribution in [0, 0.1) is 25.2 Å². The first-order valence-electron chi connectivity index (χ1n) is 7.38. The summed E-state index contributed by atoms with van der Waals surface area (Å²) in [6, 6.07) is 4.28. The van der Waals surface area contributed by atoms with Crippen LogP contribution in [0.5, 0.6) is 0 Å². The van der Waals surface area contributed by atoms with Gasteiger partial charge in [0.05, 0.1) is 22.5 Å². The van der Waals surface area contributed by atoms with Crippen LogP contribution in [-0.2, 0) is 0 Å². The highest BCUT2D eigenvalue weighted by Gasteiger charge is 2.24. The van der Waals surface area contributed by atoms with Crippen LogP contribution in [0.3, 0.4) is 0 Å². The van der Waals surface area contributed by atoms with Crippen molar-refractivity contribution in [3.63, 3.8) is 0 Å². The molecule has 5 heteroatoms. The Labute approximate surface area is 126 Å². The number of rotatable bonds is 3. The zero-order valence-electron chi connectivity index (χ0n) is 13.3. The van der Waals surface area contributed by atoms with Crippen molar-refractivity contribution >= 4 is 5.69 Å². The quantitative estimate of drug-likeness (QED) is 0.912. The maximum absolute atomic E-state index is 9.90. The molecule has 1 aliphatic rings. The molecular formula is C16H24N4O. The standard InChI is InChI=1S/C16H24N4O/c1-12-9-15(14(10-17)13(2)18-12)20-7-5-19(6-8-20)11-16(3,4)21/h9,21H,5-8,11H2,1-4H3. The molecule has 21 heavy (non-hydrogen) atoms. The van der Waals surface area contributed by atoms with E-state index in [-0.39, 0.29) is 0 Å². The van der Waals surface area contributed by atoms with E-state index in [9.17, 15) is 10.4 Å². The van der Waals surface area contributed by atoms with Gasteiger partial charge in [0.1, 0.15) is 6.07 Å². The Morgan fingerprint density at radius 1 is 1.29 bits per heavy atom. The van der Waals surface area contributed by atoms with Gasteiger partial charge in [0.25, 0.3) is 0 Å². The maximum atomic E-state index is 9.90. The lowest BCUT2D eigenvalue weighted by Gasteiger charge is -2.38. The van der Waals surface area contributed by atoms with Gasteiger partial charge in [0.2, 0.25) is 0 Å². The van der Waals surface area contributed by atoms with E-state index in [1.807, 2.05) is 33.8 Å². The normalized spacial score (nSPS) is 16.9. The minimum absolute atomic E-state index is 0.663. The molecule has 0 amide bonds. The van der Waals surface area contributed by atoms with E-state index in [0.29, 0.717) is 12.1 Å². The zero-order chi connectivity index (χ0) is 15.6. The Balaban J connectivity index is 2.11. The number of β-amino-alcohol motifs (C(OH)–C–C–N with tert-alkyl or cyclic N) is 1. The highest BCUT2D eigenvalue weighted by Crippen LogP contribution is 2.24. The van der Waals surface area contributed by atoms with Gasteiger partial charge in [-0.1, -0.05) is 0 Å². The predicted octanol–water partition coefficient (Wildman–Crippen LogP) is 1.46. The summed E-state index contributed by atoms with van der Waals surface area (Å²) in [5.41, 5.74) is 2.75. The molecular weight excluding hydrogens is 264 g/mol. The molecule has 1 fully saturated rings. The number of aliphatic hydroxyl groups is 1. The fourth-order valence-electron chi connectivity index (χ4n) is 2.89. The number of nitrogens with zero attached hydrogens (tertiary/aromatic N) is 4. The third-order valence-electron chi connectivity index (χ3n) is 3.74. The van der Waals surface area contributed by atoms with E-state index < -0.39 is 5.60 Å². The van der Waals surface area contributed by atoms with Crippen molar-refractivity contribution in [1.82, 2.24) is 9.88 Å². The Morgan fingerprint density at radius 3 is 2.43 bits per heavy atom. The van der Waals surface area contributed by atoms with E-state index in [2.05, 4.69) is 20.9 Å². The summed E-state index contributed by atoms with van der Waals surface area (Å²) in [6.45, 7) is 11.7. The molecule has 0 radical (unpaired) electrons. The third kappa shape index (κ3) is 3.93. The summed E-state index contributed by atoms with van der Waals surface area (Å²) in [5.74, 6) is 0. The number of hydrogen-bond donors (Lipinski definition) is 1. The van der Waals surface area contributed by atoms with Crippen molar-refractivity contribution < 1.29 is 5.11 Å². The van der Waals surface area contributed by atoms with Gasteiger partial charge >= 0.3 is 0 Å². The average Bonchev–Trinajstić information content (AvgIpc) is 2.37. The van der Waals surface area contributed by atoms with Crippen LogP contribution < -0.4 is 4.90 Å². The number of hydrogen-bond acceptors (Lipinski definition) is 5. The second kappa shape index (κ2) is 6.00. The van der Waals surface area contributed by atoms with Crippen LogP contribution in [0.1, 0.15) is 30.8 Å². The number of aromatic nitrogens is 1. The fraction of sp³-hybridized carbons (Fsp3) is 0.625. The van der Waals surface area contributed by atoms with Crippen molar-refractivity contribution in [2.24, 2.45) is 0 Å². The first kappa shape index (κ1) is 15.7. The van der Waals surface area contributed by atoms with Gasteiger partial charge in [-0.2, -0.15) is 5.26 Å². The van der Waals surface area contributed by atoms with Gasteiger partial charge in [0.15, 0.2) is 0 Å². The van der Waals surface area contributed by atoms with E-state index in [0.717, 1.165) is 43.3 Å². The Kier molecular flexibility index (Phi) is 4.50. The second-order valence-corrected chi connectivity index (χ2v) is 6.43. The molecule has 5 nitrogen and oxygen atoms in total. The molecule has 0 spiro atoms.